The first-order valence-electron chi connectivity index (χ1n) is 7.56. The molecule has 19 heavy (non-hydrogen) atoms. The third-order valence-electron chi connectivity index (χ3n) is 3.04. The molecule has 3 nitrogen and oxygen atoms in total. The minimum absolute atomic E-state index is 0.220. The minimum atomic E-state index is -2.99. The van der Waals surface area contributed by atoms with Gasteiger partial charge in [-0.15, -0.1) is 0 Å². The normalized spacial score (nSPS) is 18.5. The smallest absolute Gasteiger partial charge is 0.361 e. The van der Waals surface area contributed by atoms with E-state index < -0.39 is 8.11 Å². The Balaban J connectivity index is 2.50. The predicted molar refractivity (Wildman–Crippen MR) is 81.1 cm³/mol. The Bertz CT molecular complexity index is 231. The van der Waals surface area contributed by atoms with Crippen LogP contribution in [0.25, 0.3) is 0 Å². The van der Waals surface area contributed by atoms with Gasteiger partial charge >= 0.3 is 8.11 Å². The highest BCUT2D eigenvalue weighted by molar-refractivity contribution is 7.09. The Kier molecular flexibility index (Phi) is 7.92. The van der Waals surface area contributed by atoms with Crippen molar-refractivity contribution in [1.29, 1.82) is 0 Å². The molecule has 0 aromatic heterocycles. The van der Waals surface area contributed by atoms with E-state index >= 15 is 0 Å². The van der Waals surface area contributed by atoms with Gasteiger partial charge in [-0.2, -0.15) is 0 Å². The van der Waals surface area contributed by atoms with Gasteiger partial charge in [0.15, 0.2) is 0 Å². The topological polar surface area (TPSA) is 27.7 Å². The van der Waals surface area contributed by atoms with Gasteiger partial charge in [0.05, 0.1) is 6.10 Å². The zero-order chi connectivity index (χ0) is 14.3. The van der Waals surface area contributed by atoms with Gasteiger partial charge in [0.25, 0.3) is 0 Å². The van der Waals surface area contributed by atoms with Crippen LogP contribution in [0.5, 0.6) is 0 Å². The van der Waals surface area contributed by atoms with Crippen molar-refractivity contribution in [2.75, 3.05) is 13.2 Å². The van der Waals surface area contributed by atoms with Crippen LogP contribution in [0.15, 0.2) is 0 Å². The fourth-order valence-corrected chi connectivity index (χ4v) is 4.70. The van der Waals surface area contributed by atoms with Gasteiger partial charge in [0, 0.05) is 13.2 Å². The number of hydrogen-bond donors (Lipinski definition) is 0. The SMILES string of the molecule is CC(C)CO[Si](Cl)(OCC(C)C)OC1CCCCC1. The largest absolute Gasteiger partial charge is 0.613 e. The maximum Gasteiger partial charge on any atom is 0.613 e. The first-order valence-corrected chi connectivity index (χ1v) is 10.3. The van der Waals surface area contributed by atoms with Crippen molar-refractivity contribution in [3.8, 4) is 0 Å². The zero-order valence-corrected chi connectivity index (χ0v) is 14.5. The molecule has 0 radical (unpaired) electrons. The molecule has 0 amide bonds. The fraction of sp³-hybridized carbons (Fsp3) is 1.00. The lowest BCUT2D eigenvalue weighted by atomic mass is 9.98. The maximum atomic E-state index is 6.53. The molecule has 0 aromatic rings. The molecule has 0 aromatic carbocycles. The molecule has 0 atom stereocenters. The van der Waals surface area contributed by atoms with E-state index in [1.54, 1.807) is 0 Å². The molecule has 1 rings (SSSR count). The van der Waals surface area contributed by atoms with Crippen LogP contribution in [0.3, 0.4) is 0 Å². The lowest BCUT2D eigenvalue weighted by molar-refractivity contribution is 0.0215. The molecule has 0 bridgehead atoms. The molecule has 0 unspecified atom stereocenters. The number of rotatable bonds is 8. The molecule has 0 heterocycles. The Morgan fingerprint density at radius 3 is 1.84 bits per heavy atom. The summed E-state index contributed by atoms with van der Waals surface area (Å²) in [6.45, 7) is 9.62. The average molecular weight is 309 g/mol. The van der Waals surface area contributed by atoms with Crippen molar-refractivity contribution in [1.82, 2.24) is 0 Å². The Morgan fingerprint density at radius 1 is 0.947 bits per heavy atom. The maximum absolute atomic E-state index is 6.53. The van der Waals surface area contributed by atoms with Gasteiger partial charge in [-0.05, 0) is 24.7 Å². The average Bonchev–Trinajstić information content (AvgIpc) is 2.36. The summed E-state index contributed by atoms with van der Waals surface area (Å²) in [7, 11) is -2.99. The zero-order valence-electron chi connectivity index (χ0n) is 12.8. The van der Waals surface area contributed by atoms with Gasteiger partial charge in [-0.3, -0.25) is 0 Å². The second-order valence-corrected chi connectivity index (χ2v) is 9.43. The second-order valence-electron chi connectivity index (χ2n) is 6.27. The summed E-state index contributed by atoms with van der Waals surface area (Å²) < 4.78 is 17.6. The van der Waals surface area contributed by atoms with E-state index in [-0.39, 0.29) is 6.10 Å². The van der Waals surface area contributed by atoms with E-state index in [9.17, 15) is 0 Å². The standard InChI is InChI=1S/C14H29ClO3Si/c1-12(2)10-16-19(15,17-11-13(3)4)18-14-8-6-5-7-9-14/h12-14H,5-11H2,1-4H3. The minimum Gasteiger partial charge on any atom is -0.361 e. The number of halogens is 1. The first-order chi connectivity index (χ1) is 8.91. The molecule has 0 N–H and O–H groups in total. The van der Waals surface area contributed by atoms with E-state index in [1.807, 2.05) is 0 Å². The Hall–Kier alpha value is 0.387. The Morgan fingerprint density at radius 2 is 1.42 bits per heavy atom. The first kappa shape index (κ1) is 17.4. The van der Waals surface area contributed by atoms with E-state index in [0.717, 1.165) is 12.8 Å². The van der Waals surface area contributed by atoms with E-state index in [2.05, 4.69) is 27.7 Å². The molecular formula is C14H29ClO3Si. The van der Waals surface area contributed by atoms with E-state index in [0.29, 0.717) is 25.0 Å². The van der Waals surface area contributed by atoms with Crippen LogP contribution in [-0.2, 0) is 13.3 Å². The van der Waals surface area contributed by atoms with Crippen molar-refractivity contribution in [2.45, 2.75) is 65.9 Å². The second kappa shape index (κ2) is 8.62. The van der Waals surface area contributed by atoms with E-state index in [4.69, 9.17) is 24.4 Å². The van der Waals surface area contributed by atoms with Crippen molar-refractivity contribution >= 4 is 19.2 Å². The van der Waals surface area contributed by atoms with Gasteiger partial charge in [-0.25, -0.2) is 0 Å². The third kappa shape index (κ3) is 7.66. The highest BCUT2D eigenvalue weighted by Crippen LogP contribution is 2.27. The lowest BCUT2D eigenvalue weighted by Gasteiger charge is -2.31. The van der Waals surface area contributed by atoms with E-state index in [1.165, 1.54) is 19.3 Å². The van der Waals surface area contributed by atoms with Crippen molar-refractivity contribution in [3.63, 3.8) is 0 Å². The summed E-state index contributed by atoms with van der Waals surface area (Å²) in [5, 5.41) is 0. The monoisotopic (exact) mass is 308 g/mol. The molecule has 114 valence electrons. The Labute approximate surface area is 124 Å². The molecule has 1 aliphatic carbocycles. The van der Waals surface area contributed by atoms with Crippen molar-refractivity contribution in [3.05, 3.63) is 0 Å². The van der Waals surface area contributed by atoms with Crippen LogP contribution in [0.4, 0.5) is 0 Å². The lowest BCUT2D eigenvalue weighted by Crippen LogP contribution is -2.45. The highest BCUT2D eigenvalue weighted by atomic mass is 35.6. The summed E-state index contributed by atoms with van der Waals surface area (Å²) in [5.74, 6) is 0.867. The van der Waals surface area contributed by atoms with Gasteiger partial charge in [-0.1, -0.05) is 58.0 Å². The van der Waals surface area contributed by atoms with Crippen LogP contribution >= 0.6 is 11.1 Å². The summed E-state index contributed by atoms with van der Waals surface area (Å²) in [6.07, 6.45) is 6.13. The van der Waals surface area contributed by atoms with Crippen LogP contribution in [0.1, 0.15) is 59.8 Å². The van der Waals surface area contributed by atoms with Crippen LogP contribution in [0.2, 0.25) is 0 Å². The molecule has 0 aliphatic heterocycles. The summed E-state index contributed by atoms with van der Waals surface area (Å²) >= 11 is 6.53. The highest BCUT2D eigenvalue weighted by Gasteiger charge is 2.43. The van der Waals surface area contributed by atoms with Crippen molar-refractivity contribution in [2.24, 2.45) is 11.8 Å². The summed E-state index contributed by atoms with van der Waals surface area (Å²) in [6, 6.07) is 0. The molecule has 0 spiro atoms. The fourth-order valence-electron chi connectivity index (χ4n) is 2.02. The molecule has 0 saturated heterocycles. The molecule has 1 fully saturated rings. The summed E-state index contributed by atoms with van der Waals surface area (Å²) in [4.78, 5) is 0. The molecule has 5 heteroatoms. The predicted octanol–water partition coefficient (Wildman–Crippen LogP) is 4.36. The number of hydrogen-bond acceptors (Lipinski definition) is 3. The van der Waals surface area contributed by atoms with Gasteiger partial charge in [0.2, 0.25) is 0 Å². The summed E-state index contributed by atoms with van der Waals surface area (Å²) in [5.41, 5.74) is 0. The van der Waals surface area contributed by atoms with Gasteiger partial charge < -0.3 is 13.3 Å². The van der Waals surface area contributed by atoms with Crippen molar-refractivity contribution < 1.29 is 13.3 Å². The molecule has 1 saturated carbocycles. The molecule has 1 aliphatic rings. The van der Waals surface area contributed by atoms with Crippen LogP contribution in [0, 0.1) is 11.8 Å². The van der Waals surface area contributed by atoms with Gasteiger partial charge in [0.1, 0.15) is 0 Å². The third-order valence-corrected chi connectivity index (χ3v) is 5.60. The molecular weight excluding hydrogens is 280 g/mol. The van der Waals surface area contributed by atoms with Crippen LogP contribution < -0.4 is 0 Å². The quantitative estimate of drug-likeness (QED) is 0.493. The van der Waals surface area contributed by atoms with Crippen LogP contribution in [-0.4, -0.2) is 27.4 Å².